The molecule has 7 nitrogen and oxygen atoms in total. The largest absolute Gasteiger partial charge is 0.337 e. The lowest BCUT2D eigenvalue weighted by molar-refractivity contribution is -0.119. The Hall–Kier alpha value is -3.34. The first-order valence-corrected chi connectivity index (χ1v) is 14.8. The van der Waals surface area contributed by atoms with Crippen LogP contribution in [0.2, 0.25) is 0 Å². The van der Waals surface area contributed by atoms with E-state index in [-0.39, 0.29) is 23.3 Å². The molecule has 38 heavy (non-hydrogen) atoms. The van der Waals surface area contributed by atoms with Gasteiger partial charge in [0.25, 0.3) is 0 Å². The van der Waals surface area contributed by atoms with E-state index in [2.05, 4.69) is 9.71 Å². The molecule has 0 spiro atoms. The van der Waals surface area contributed by atoms with E-state index in [1.54, 1.807) is 22.4 Å². The fraction of sp³-hybridized carbons (Fsp3) is 0.286. The first kappa shape index (κ1) is 26.3. The minimum atomic E-state index is -3.93. The minimum Gasteiger partial charge on any atom is -0.337 e. The summed E-state index contributed by atoms with van der Waals surface area (Å²) in [5, 5.41) is 2.01. The van der Waals surface area contributed by atoms with Crippen LogP contribution in [0.3, 0.4) is 0 Å². The lowest BCUT2D eigenvalue weighted by Gasteiger charge is -2.25. The van der Waals surface area contributed by atoms with E-state index in [1.165, 1.54) is 18.2 Å². The van der Waals surface area contributed by atoms with Gasteiger partial charge >= 0.3 is 0 Å². The Morgan fingerprint density at radius 2 is 2.08 bits per heavy atom. The molecule has 0 unspecified atom stereocenters. The number of carbonyl (C=O) groups excluding carboxylic acids is 1. The van der Waals surface area contributed by atoms with Gasteiger partial charge < -0.3 is 9.47 Å². The number of fused-ring (bicyclic) bond motifs is 1. The second-order valence-electron chi connectivity index (χ2n) is 9.61. The molecular weight excluding hydrogens is 523 g/mol. The van der Waals surface area contributed by atoms with Crippen molar-refractivity contribution >= 4 is 33.0 Å². The van der Waals surface area contributed by atoms with Crippen LogP contribution in [0.15, 0.2) is 77.3 Å². The average molecular weight is 553 g/mol. The highest BCUT2D eigenvalue weighted by Gasteiger charge is 2.30. The molecule has 2 aromatic carbocycles. The number of imidazole rings is 1. The Morgan fingerprint density at radius 3 is 2.79 bits per heavy atom. The predicted octanol–water partition coefficient (Wildman–Crippen LogP) is 5.31. The first-order valence-electron chi connectivity index (χ1n) is 12.4. The van der Waals surface area contributed by atoms with E-state index >= 15 is 0 Å². The topological polar surface area (TPSA) is 84.3 Å². The normalized spacial score (nSPS) is 15.8. The number of benzene rings is 2. The summed E-state index contributed by atoms with van der Waals surface area (Å²) in [5.74, 6) is 0.156. The zero-order chi connectivity index (χ0) is 26.9. The van der Waals surface area contributed by atoms with Gasteiger partial charge in [-0.15, -0.1) is 11.3 Å². The Bertz CT molecular complexity index is 1550. The fourth-order valence-electron chi connectivity index (χ4n) is 4.83. The number of sulfonamides is 1. The van der Waals surface area contributed by atoms with Crippen molar-refractivity contribution in [1.29, 1.82) is 0 Å². The molecule has 4 aromatic rings. The SMILES string of the molecule is C[C@@H](CC(=O)N(Cc1nccn1C)c1ccc2c(c1)[C@@H](NS(=O)(=O)c1cccc(F)c1)CC2)c1cccs1. The summed E-state index contributed by atoms with van der Waals surface area (Å²) in [6, 6.07) is 14.3. The lowest BCUT2D eigenvalue weighted by Crippen LogP contribution is -2.32. The van der Waals surface area contributed by atoms with Gasteiger partial charge in [-0.1, -0.05) is 25.1 Å². The van der Waals surface area contributed by atoms with Crippen molar-refractivity contribution in [3.63, 3.8) is 0 Å². The zero-order valence-corrected chi connectivity index (χ0v) is 22.8. The number of thiophene rings is 1. The molecule has 0 fully saturated rings. The summed E-state index contributed by atoms with van der Waals surface area (Å²) in [5.41, 5.74) is 2.54. The maximum Gasteiger partial charge on any atom is 0.241 e. The number of amides is 1. The number of aromatic nitrogens is 2. The van der Waals surface area contributed by atoms with E-state index < -0.39 is 21.9 Å². The molecule has 198 valence electrons. The molecule has 0 bridgehead atoms. The van der Waals surface area contributed by atoms with E-state index in [9.17, 15) is 17.6 Å². The van der Waals surface area contributed by atoms with E-state index in [4.69, 9.17) is 0 Å². The van der Waals surface area contributed by atoms with Crippen molar-refractivity contribution in [3.8, 4) is 0 Å². The van der Waals surface area contributed by atoms with E-state index in [0.29, 0.717) is 24.9 Å². The maximum absolute atomic E-state index is 13.7. The first-order chi connectivity index (χ1) is 18.2. The molecule has 0 saturated heterocycles. The summed E-state index contributed by atoms with van der Waals surface area (Å²) in [6.45, 7) is 2.33. The highest BCUT2D eigenvalue weighted by Crippen LogP contribution is 2.36. The Kier molecular flexibility index (Phi) is 7.47. The van der Waals surface area contributed by atoms with Crippen molar-refractivity contribution in [2.45, 2.75) is 49.6 Å². The van der Waals surface area contributed by atoms with Crippen LogP contribution in [-0.4, -0.2) is 23.9 Å². The van der Waals surface area contributed by atoms with Crippen molar-refractivity contribution < 1.29 is 17.6 Å². The van der Waals surface area contributed by atoms with Crippen LogP contribution in [0.25, 0.3) is 0 Å². The van der Waals surface area contributed by atoms with Crippen LogP contribution in [0.4, 0.5) is 10.1 Å². The lowest BCUT2D eigenvalue weighted by atomic mass is 10.0. The Balaban J connectivity index is 1.44. The predicted molar refractivity (Wildman–Crippen MR) is 146 cm³/mol. The summed E-state index contributed by atoms with van der Waals surface area (Å²) < 4.78 is 44.3. The van der Waals surface area contributed by atoms with Gasteiger partial charge in [0.1, 0.15) is 11.6 Å². The average Bonchev–Trinajstić information content (AvgIpc) is 3.64. The standard InChI is InChI=1S/C28H29FN4O3S2/c1-19(26-7-4-14-37-26)15-28(34)33(18-27-30-12-13-32(27)2)22-10-8-20-9-11-25(24(20)17-22)31-38(35,36)23-6-3-5-21(29)16-23/h3-8,10,12-14,16-17,19,25,31H,9,11,15,18H2,1-2H3/t19-,25-/m0/s1. The fourth-order valence-corrected chi connectivity index (χ4v) is 6.90. The molecule has 1 aliphatic carbocycles. The molecule has 1 aliphatic rings. The number of nitrogens with one attached hydrogen (secondary N) is 1. The molecule has 1 amide bonds. The second kappa shape index (κ2) is 10.8. The van der Waals surface area contributed by atoms with E-state index in [1.807, 2.05) is 60.4 Å². The Morgan fingerprint density at radius 1 is 1.24 bits per heavy atom. The van der Waals surface area contributed by atoms with Crippen LogP contribution in [0.1, 0.15) is 53.6 Å². The van der Waals surface area contributed by atoms with Gasteiger partial charge in [0.15, 0.2) is 0 Å². The molecule has 0 radical (unpaired) electrons. The number of hydrogen-bond donors (Lipinski definition) is 1. The molecule has 10 heteroatoms. The molecule has 1 N–H and O–H groups in total. The summed E-state index contributed by atoms with van der Waals surface area (Å²) in [4.78, 5) is 20.8. The van der Waals surface area contributed by atoms with Gasteiger partial charge in [-0.25, -0.2) is 22.5 Å². The number of anilines is 1. The van der Waals surface area contributed by atoms with Gasteiger partial charge in [-0.2, -0.15) is 0 Å². The third-order valence-corrected chi connectivity index (χ3v) is 9.53. The van der Waals surface area contributed by atoms with Crippen LogP contribution in [0, 0.1) is 5.82 Å². The number of aryl methyl sites for hydroxylation is 2. The number of rotatable bonds is 9. The van der Waals surface area contributed by atoms with Crippen molar-refractivity contribution in [1.82, 2.24) is 14.3 Å². The van der Waals surface area contributed by atoms with Crippen molar-refractivity contribution in [2.24, 2.45) is 7.05 Å². The summed E-state index contributed by atoms with van der Waals surface area (Å²) >= 11 is 1.63. The smallest absolute Gasteiger partial charge is 0.241 e. The number of halogens is 1. The quantitative estimate of drug-likeness (QED) is 0.305. The van der Waals surface area contributed by atoms with Crippen LogP contribution < -0.4 is 9.62 Å². The third kappa shape index (κ3) is 5.57. The highest BCUT2D eigenvalue weighted by atomic mass is 32.2. The molecule has 2 atom stereocenters. The van der Waals surface area contributed by atoms with Crippen molar-refractivity contribution in [2.75, 3.05) is 4.90 Å². The zero-order valence-electron chi connectivity index (χ0n) is 21.2. The maximum atomic E-state index is 13.7. The third-order valence-electron chi connectivity index (χ3n) is 6.95. The van der Waals surface area contributed by atoms with Gasteiger partial charge in [-0.05, 0) is 71.7 Å². The molecule has 5 rings (SSSR count). The summed E-state index contributed by atoms with van der Waals surface area (Å²) in [6.07, 6.45) is 5.15. The highest BCUT2D eigenvalue weighted by molar-refractivity contribution is 7.89. The molecule has 2 heterocycles. The molecule has 0 saturated carbocycles. The number of hydrogen-bond acceptors (Lipinski definition) is 5. The molecule has 2 aromatic heterocycles. The van der Waals surface area contributed by atoms with Crippen molar-refractivity contribution in [3.05, 3.63) is 100 Å². The van der Waals surface area contributed by atoms with Crippen LogP contribution in [0.5, 0.6) is 0 Å². The molecule has 0 aliphatic heterocycles. The van der Waals surface area contributed by atoms with Gasteiger partial charge in [0.2, 0.25) is 15.9 Å². The van der Waals surface area contributed by atoms with Crippen LogP contribution >= 0.6 is 11.3 Å². The van der Waals surface area contributed by atoms with Gasteiger partial charge in [0.05, 0.1) is 11.4 Å². The Labute approximate surface area is 226 Å². The monoisotopic (exact) mass is 552 g/mol. The van der Waals surface area contributed by atoms with Gasteiger partial charge in [-0.3, -0.25) is 4.79 Å². The minimum absolute atomic E-state index is 0.0382. The molecular formula is C28H29FN4O3S2. The number of carbonyl (C=O) groups is 1. The number of nitrogens with zero attached hydrogens (tertiary/aromatic N) is 3. The van der Waals surface area contributed by atoms with E-state index in [0.717, 1.165) is 27.9 Å². The second-order valence-corrected chi connectivity index (χ2v) is 12.3. The van der Waals surface area contributed by atoms with Gasteiger partial charge in [0, 0.05) is 42.5 Å². The van der Waals surface area contributed by atoms with Crippen LogP contribution in [-0.2, 0) is 34.8 Å². The summed E-state index contributed by atoms with van der Waals surface area (Å²) in [7, 11) is -2.04.